The molecule has 2 fully saturated rings. The fraction of sp³-hybridized carbons (Fsp3) is 0.208. The van der Waals surface area contributed by atoms with Gasteiger partial charge in [0.15, 0.2) is 0 Å². The molecule has 292 valence electrons. The van der Waals surface area contributed by atoms with Crippen LogP contribution in [0.2, 0.25) is 10.0 Å². The Labute approximate surface area is 345 Å². The highest BCUT2D eigenvalue weighted by molar-refractivity contribution is 6.30. The van der Waals surface area contributed by atoms with Crippen LogP contribution in [0.3, 0.4) is 0 Å². The molecule has 0 atom stereocenters. The Kier molecular flexibility index (Phi) is 9.76. The number of benzene rings is 6. The van der Waals surface area contributed by atoms with Gasteiger partial charge in [-0.05, 0) is 75.7 Å². The van der Waals surface area contributed by atoms with Crippen molar-refractivity contribution in [3.05, 3.63) is 189 Å². The maximum absolute atomic E-state index is 13.0. The number of halogens is 2. The molecule has 0 saturated carbocycles. The molecule has 1 N–H and O–H groups in total. The summed E-state index contributed by atoms with van der Waals surface area (Å²) in [5.74, 6) is -5.19. The molecule has 2 heterocycles. The molecule has 2 aliphatic heterocycles. The molecule has 0 unspecified atom stereocenters. The molecule has 4 aliphatic rings. The second-order valence-corrected chi connectivity index (χ2v) is 15.6. The zero-order chi connectivity index (χ0) is 40.1. The fourth-order valence-corrected chi connectivity index (χ4v) is 9.15. The Morgan fingerprint density at radius 3 is 1.16 bits per heavy atom. The number of aliphatic carboxylic acids is 1. The average Bonchev–Trinajstić information content (AvgIpc) is 3.69. The van der Waals surface area contributed by atoms with Gasteiger partial charge in [0.25, 0.3) is 11.6 Å². The SMILES string of the molecule is CCOC(=O)C1(c2ccc(Cl)cc2)OCC2(CO1)c1ccccc1-c1ccccc12.O=C(O)C1(c2ccc(Cl)cc2)OCC2(CO1)c1ccccc1-c1ccccc12. The molecule has 0 radical (unpaired) electrons. The van der Waals surface area contributed by atoms with Gasteiger partial charge in [-0.25, -0.2) is 9.59 Å². The molecular weight excluding hydrogens is 775 g/mol. The van der Waals surface area contributed by atoms with Crippen molar-refractivity contribution < 1.29 is 38.4 Å². The van der Waals surface area contributed by atoms with Crippen molar-refractivity contribution in [2.24, 2.45) is 0 Å². The largest absolute Gasteiger partial charge is 0.477 e. The van der Waals surface area contributed by atoms with Gasteiger partial charge in [0.1, 0.15) is 0 Å². The number of hydrogen-bond acceptors (Lipinski definition) is 7. The van der Waals surface area contributed by atoms with Crippen molar-refractivity contribution in [1.29, 1.82) is 0 Å². The Morgan fingerprint density at radius 1 is 0.517 bits per heavy atom. The number of carboxylic acid groups (broad SMARTS) is 1. The number of fused-ring (bicyclic) bond motifs is 10. The fourth-order valence-electron chi connectivity index (χ4n) is 8.90. The zero-order valence-electron chi connectivity index (χ0n) is 31.5. The summed E-state index contributed by atoms with van der Waals surface area (Å²) < 4.78 is 30.1. The van der Waals surface area contributed by atoms with Crippen molar-refractivity contribution in [3.8, 4) is 22.3 Å². The van der Waals surface area contributed by atoms with Crippen LogP contribution in [-0.2, 0) is 55.7 Å². The van der Waals surface area contributed by atoms with Crippen LogP contribution in [0.5, 0.6) is 0 Å². The van der Waals surface area contributed by atoms with Crippen molar-refractivity contribution in [1.82, 2.24) is 0 Å². The predicted molar refractivity (Wildman–Crippen MR) is 220 cm³/mol. The van der Waals surface area contributed by atoms with E-state index in [0.29, 0.717) is 34.4 Å². The van der Waals surface area contributed by atoms with Crippen molar-refractivity contribution in [3.63, 3.8) is 0 Å². The van der Waals surface area contributed by atoms with Gasteiger partial charge in [0.2, 0.25) is 0 Å². The highest BCUT2D eigenvalue weighted by atomic mass is 35.5. The first-order valence-corrected chi connectivity index (χ1v) is 19.8. The van der Waals surface area contributed by atoms with E-state index >= 15 is 0 Å². The third-order valence-corrected chi connectivity index (χ3v) is 12.2. The summed E-state index contributed by atoms with van der Waals surface area (Å²) >= 11 is 12.0. The van der Waals surface area contributed by atoms with E-state index in [1.54, 1.807) is 55.5 Å². The number of rotatable bonds is 5. The smallest absolute Gasteiger partial charge is 0.372 e. The molecular formula is C48H38Cl2O8. The van der Waals surface area contributed by atoms with Gasteiger partial charge in [-0.1, -0.05) is 145 Å². The van der Waals surface area contributed by atoms with Crippen molar-refractivity contribution >= 4 is 35.1 Å². The van der Waals surface area contributed by atoms with Crippen LogP contribution in [0.15, 0.2) is 146 Å². The van der Waals surface area contributed by atoms with E-state index in [2.05, 4.69) is 48.5 Å². The van der Waals surface area contributed by atoms with Crippen molar-refractivity contribution in [2.75, 3.05) is 33.0 Å². The molecule has 10 heteroatoms. The summed E-state index contributed by atoms with van der Waals surface area (Å²) in [7, 11) is 0. The molecule has 0 bridgehead atoms. The molecule has 8 nitrogen and oxygen atoms in total. The summed E-state index contributed by atoms with van der Waals surface area (Å²) in [5.41, 5.74) is 9.12. The minimum absolute atomic E-state index is 0.204. The van der Waals surface area contributed by atoms with Gasteiger partial charge in [-0.2, -0.15) is 0 Å². The Balaban J connectivity index is 0.000000151. The lowest BCUT2D eigenvalue weighted by molar-refractivity contribution is -0.290. The van der Waals surface area contributed by atoms with Crippen molar-refractivity contribution in [2.45, 2.75) is 29.3 Å². The first kappa shape index (κ1) is 38.2. The van der Waals surface area contributed by atoms with Gasteiger partial charge >= 0.3 is 11.9 Å². The van der Waals surface area contributed by atoms with E-state index in [0.717, 1.165) is 33.4 Å². The van der Waals surface area contributed by atoms with Crippen LogP contribution < -0.4 is 0 Å². The number of carboxylic acids is 1. The summed E-state index contributed by atoms with van der Waals surface area (Å²) in [6, 6.07) is 46.4. The van der Waals surface area contributed by atoms with Gasteiger partial charge in [-0.15, -0.1) is 0 Å². The monoisotopic (exact) mass is 812 g/mol. The lowest BCUT2D eigenvalue weighted by atomic mass is 9.78. The zero-order valence-corrected chi connectivity index (χ0v) is 33.0. The minimum Gasteiger partial charge on any atom is -0.477 e. The van der Waals surface area contributed by atoms with E-state index in [1.165, 1.54) is 11.1 Å². The number of esters is 1. The quantitative estimate of drug-likeness (QED) is 0.172. The third kappa shape index (κ3) is 5.89. The molecule has 2 spiro atoms. The van der Waals surface area contributed by atoms with E-state index < -0.39 is 34.3 Å². The number of carbonyl (C=O) groups is 2. The predicted octanol–water partition coefficient (Wildman–Crippen LogP) is 9.66. The van der Waals surface area contributed by atoms with E-state index in [9.17, 15) is 14.7 Å². The topological polar surface area (TPSA) is 101 Å². The molecule has 6 aromatic rings. The molecule has 0 aromatic heterocycles. The summed E-state index contributed by atoms with van der Waals surface area (Å²) in [6.07, 6.45) is 0. The van der Waals surface area contributed by atoms with Gasteiger partial charge in [0.05, 0.1) is 43.9 Å². The first-order valence-electron chi connectivity index (χ1n) is 19.0. The van der Waals surface area contributed by atoms with Crippen LogP contribution in [0.25, 0.3) is 22.3 Å². The van der Waals surface area contributed by atoms with Crippen LogP contribution in [-0.4, -0.2) is 50.1 Å². The summed E-state index contributed by atoms with van der Waals surface area (Å²) in [5, 5.41) is 11.0. The summed E-state index contributed by atoms with van der Waals surface area (Å²) in [4.78, 5) is 25.2. The highest BCUT2D eigenvalue weighted by Gasteiger charge is 2.57. The van der Waals surface area contributed by atoms with Crippen LogP contribution >= 0.6 is 23.2 Å². The summed E-state index contributed by atoms with van der Waals surface area (Å²) in [6.45, 7) is 3.00. The minimum atomic E-state index is -1.84. The van der Waals surface area contributed by atoms with Gasteiger partial charge in [-0.3, -0.25) is 0 Å². The lowest BCUT2D eigenvalue weighted by Gasteiger charge is -2.44. The average molecular weight is 814 g/mol. The first-order chi connectivity index (χ1) is 28.2. The van der Waals surface area contributed by atoms with Gasteiger partial charge < -0.3 is 28.8 Å². The van der Waals surface area contributed by atoms with Gasteiger partial charge in [0, 0.05) is 21.2 Å². The molecule has 0 amide bonds. The van der Waals surface area contributed by atoms with E-state index in [4.69, 9.17) is 46.9 Å². The number of hydrogen-bond donors (Lipinski definition) is 1. The van der Waals surface area contributed by atoms with Crippen LogP contribution in [0, 0.1) is 0 Å². The van der Waals surface area contributed by atoms with E-state index in [1.807, 2.05) is 48.5 Å². The number of ether oxygens (including phenoxy) is 5. The molecule has 58 heavy (non-hydrogen) atoms. The Morgan fingerprint density at radius 2 is 0.828 bits per heavy atom. The maximum atomic E-state index is 13.0. The Hall–Kier alpha value is -5.32. The second-order valence-electron chi connectivity index (χ2n) is 14.8. The second kappa shape index (κ2) is 14.8. The molecule has 2 saturated heterocycles. The van der Waals surface area contributed by atoms with Crippen LogP contribution in [0.1, 0.15) is 40.3 Å². The molecule has 2 aliphatic carbocycles. The number of carbonyl (C=O) groups excluding carboxylic acids is 1. The Bertz CT molecular complexity index is 2420. The lowest BCUT2D eigenvalue weighted by Crippen LogP contribution is -2.54. The molecule has 10 rings (SSSR count). The highest BCUT2D eigenvalue weighted by Crippen LogP contribution is 2.54. The third-order valence-electron chi connectivity index (χ3n) is 11.7. The van der Waals surface area contributed by atoms with Crippen LogP contribution in [0.4, 0.5) is 0 Å². The molecule has 6 aromatic carbocycles. The van der Waals surface area contributed by atoms with E-state index in [-0.39, 0.29) is 19.8 Å². The maximum Gasteiger partial charge on any atom is 0.372 e. The standard InChI is InChI=1S/C25H21ClO4.C23H17ClO4/c1-2-28-23(27)25(17-11-13-18(26)14-12-17)29-15-24(16-30-25)21-9-5-3-7-19(21)20-8-4-6-10-22(20)24;24-16-11-9-15(10-12-16)23(21(25)26)27-13-22(14-28-23)19-7-3-1-5-17(19)18-6-2-4-8-20(18)22/h3-14H,2,15-16H2,1H3;1-12H,13-14H2,(H,25,26). The normalized spacial score (nSPS) is 19.8.